The topological polar surface area (TPSA) is 68.0 Å². The summed E-state index contributed by atoms with van der Waals surface area (Å²) in [6, 6.07) is 2.48. The molecule has 6 heteroatoms. The van der Waals surface area contributed by atoms with E-state index < -0.39 is 0 Å². The van der Waals surface area contributed by atoms with E-state index in [9.17, 15) is 0 Å². The van der Waals surface area contributed by atoms with Crippen LogP contribution in [-0.2, 0) is 16.0 Å². The predicted octanol–water partition coefficient (Wildman–Crippen LogP) is 2.07. The molecule has 1 aliphatic heterocycles. The van der Waals surface area contributed by atoms with Crippen molar-refractivity contribution in [3.8, 4) is 0 Å². The van der Waals surface area contributed by atoms with Gasteiger partial charge in [-0.3, -0.25) is 4.90 Å². The Balaban J connectivity index is 1.44. The van der Waals surface area contributed by atoms with E-state index in [0.717, 1.165) is 50.2 Å². The number of likely N-dealkylation sites (tertiary alicyclic amines) is 1. The second kappa shape index (κ2) is 6.75. The summed E-state index contributed by atoms with van der Waals surface area (Å²) >= 11 is 0. The van der Waals surface area contributed by atoms with E-state index in [0.29, 0.717) is 18.6 Å². The van der Waals surface area contributed by atoms with Crippen LogP contribution >= 0.6 is 0 Å². The van der Waals surface area contributed by atoms with Crippen LogP contribution in [0.1, 0.15) is 55.9 Å². The fourth-order valence-electron chi connectivity index (χ4n) is 4.49. The molecule has 0 amide bonds. The number of aliphatic hydroxyl groups is 1. The Morgan fingerprint density at radius 1 is 1.38 bits per heavy atom. The van der Waals surface area contributed by atoms with Crippen molar-refractivity contribution >= 4 is 0 Å². The molecule has 1 saturated heterocycles. The van der Waals surface area contributed by atoms with Crippen molar-refractivity contribution in [1.29, 1.82) is 0 Å². The molecular formula is C18H28N2O4. The van der Waals surface area contributed by atoms with Gasteiger partial charge < -0.3 is 19.1 Å². The molecule has 6 nitrogen and oxygen atoms in total. The van der Waals surface area contributed by atoms with Gasteiger partial charge in [-0.2, -0.15) is 0 Å². The zero-order valence-electron chi connectivity index (χ0n) is 14.4. The van der Waals surface area contributed by atoms with Crippen LogP contribution in [0.15, 0.2) is 10.6 Å². The summed E-state index contributed by atoms with van der Waals surface area (Å²) in [5, 5.41) is 13.3. The highest BCUT2D eigenvalue weighted by Gasteiger charge is 2.51. The molecular weight excluding hydrogens is 308 g/mol. The molecule has 1 aromatic rings. The first-order valence-corrected chi connectivity index (χ1v) is 9.21. The first kappa shape index (κ1) is 16.5. The van der Waals surface area contributed by atoms with Crippen LogP contribution in [0.5, 0.6) is 0 Å². The van der Waals surface area contributed by atoms with E-state index >= 15 is 0 Å². The van der Waals surface area contributed by atoms with Crippen molar-refractivity contribution in [3.63, 3.8) is 0 Å². The van der Waals surface area contributed by atoms with Crippen molar-refractivity contribution in [3.05, 3.63) is 17.5 Å². The van der Waals surface area contributed by atoms with Gasteiger partial charge in [0.25, 0.3) is 0 Å². The predicted molar refractivity (Wildman–Crippen MR) is 87.7 cm³/mol. The van der Waals surface area contributed by atoms with Gasteiger partial charge in [0, 0.05) is 38.2 Å². The van der Waals surface area contributed by atoms with E-state index in [2.05, 4.69) is 16.1 Å². The second-order valence-electron chi connectivity index (χ2n) is 7.49. The van der Waals surface area contributed by atoms with Gasteiger partial charge >= 0.3 is 0 Å². The molecule has 0 aromatic carbocycles. The van der Waals surface area contributed by atoms with E-state index in [4.69, 9.17) is 19.1 Å². The third-order valence-corrected chi connectivity index (χ3v) is 6.02. The normalized spacial score (nSPS) is 33.8. The van der Waals surface area contributed by atoms with Gasteiger partial charge in [0.15, 0.2) is 0 Å². The van der Waals surface area contributed by atoms with Gasteiger partial charge in [-0.15, -0.1) is 0 Å². The van der Waals surface area contributed by atoms with Crippen molar-refractivity contribution in [2.45, 2.75) is 68.7 Å². The molecule has 3 aliphatic rings. The summed E-state index contributed by atoms with van der Waals surface area (Å²) in [6.45, 7) is 2.35. The maximum Gasteiger partial charge on any atom is 0.140 e. The first-order valence-electron chi connectivity index (χ1n) is 9.21. The standard InChI is InChI=1S/C18H28N2O4/c1-22-18-5-4-15(23-9-8-21)11-17(18)20(7-6-18)12-14-10-16(24-19-14)13-2-3-13/h10,13,15,17,21H,2-9,11-12H2,1H3/t15-,17-,18+/m1/s1. The van der Waals surface area contributed by atoms with E-state index in [-0.39, 0.29) is 18.3 Å². The summed E-state index contributed by atoms with van der Waals surface area (Å²) in [4.78, 5) is 2.48. The zero-order chi connectivity index (χ0) is 16.6. The average molecular weight is 336 g/mol. The molecule has 24 heavy (non-hydrogen) atoms. The third kappa shape index (κ3) is 3.12. The van der Waals surface area contributed by atoms with Crippen LogP contribution in [0.25, 0.3) is 0 Å². The Morgan fingerprint density at radius 2 is 2.25 bits per heavy atom. The smallest absolute Gasteiger partial charge is 0.140 e. The molecule has 0 bridgehead atoms. The Bertz CT molecular complexity index is 559. The molecule has 0 spiro atoms. The van der Waals surface area contributed by atoms with Gasteiger partial charge in [0.1, 0.15) is 5.76 Å². The average Bonchev–Trinajstić information content (AvgIpc) is 3.26. The number of aromatic nitrogens is 1. The van der Waals surface area contributed by atoms with Gasteiger partial charge in [-0.25, -0.2) is 0 Å². The number of hydrogen-bond donors (Lipinski definition) is 1. The van der Waals surface area contributed by atoms with Gasteiger partial charge in [0.2, 0.25) is 0 Å². The lowest BCUT2D eigenvalue weighted by Crippen LogP contribution is -2.51. The van der Waals surface area contributed by atoms with Crippen LogP contribution in [0.4, 0.5) is 0 Å². The van der Waals surface area contributed by atoms with Gasteiger partial charge in [-0.05, 0) is 38.5 Å². The minimum atomic E-state index is -0.0534. The molecule has 4 rings (SSSR count). The van der Waals surface area contributed by atoms with Crippen molar-refractivity contribution < 1.29 is 19.1 Å². The highest BCUT2D eigenvalue weighted by atomic mass is 16.5. The number of hydrogen-bond acceptors (Lipinski definition) is 6. The Hall–Kier alpha value is -0.950. The lowest BCUT2D eigenvalue weighted by atomic mass is 9.79. The van der Waals surface area contributed by atoms with Crippen LogP contribution in [-0.4, -0.2) is 59.8 Å². The van der Waals surface area contributed by atoms with Gasteiger partial charge in [0.05, 0.1) is 30.6 Å². The Labute approximate surface area is 143 Å². The summed E-state index contributed by atoms with van der Waals surface area (Å²) < 4.78 is 17.3. The van der Waals surface area contributed by atoms with E-state index in [1.54, 1.807) is 0 Å². The summed E-state index contributed by atoms with van der Waals surface area (Å²) in [6.07, 6.45) is 6.73. The van der Waals surface area contributed by atoms with Crippen molar-refractivity contribution in [1.82, 2.24) is 10.1 Å². The van der Waals surface area contributed by atoms with Gasteiger partial charge in [-0.1, -0.05) is 5.16 Å². The second-order valence-corrected chi connectivity index (χ2v) is 7.49. The maximum atomic E-state index is 9.00. The number of fused-ring (bicyclic) bond motifs is 1. The SMILES string of the molecule is CO[C@]12CC[C@@H](OCCO)C[C@H]1N(Cc1cc(C3CC3)on1)CC2. The largest absolute Gasteiger partial charge is 0.394 e. The highest BCUT2D eigenvalue weighted by Crippen LogP contribution is 2.44. The number of aliphatic hydroxyl groups excluding tert-OH is 1. The number of rotatable bonds is 7. The van der Waals surface area contributed by atoms with E-state index in [1.807, 2.05) is 7.11 Å². The number of nitrogens with zero attached hydrogens (tertiary/aromatic N) is 2. The quantitative estimate of drug-likeness (QED) is 0.822. The van der Waals surface area contributed by atoms with Crippen LogP contribution in [0.2, 0.25) is 0 Å². The third-order valence-electron chi connectivity index (χ3n) is 6.02. The fraction of sp³-hybridized carbons (Fsp3) is 0.833. The molecule has 3 fully saturated rings. The monoisotopic (exact) mass is 336 g/mol. The Kier molecular flexibility index (Phi) is 4.64. The summed E-state index contributed by atoms with van der Waals surface area (Å²) in [7, 11) is 1.84. The molecule has 1 N–H and O–H groups in total. The van der Waals surface area contributed by atoms with Crippen molar-refractivity contribution in [2.24, 2.45) is 0 Å². The summed E-state index contributed by atoms with van der Waals surface area (Å²) in [5.41, 5.74) is 0.976. The number of methoxy groups -OCH3 is 1. The van der Waals surface area contributed by atoms with Crippen LogP contribution < -0.4 is 0 Å². The maximum absolute atomic E-state index is 9.00. The van der Waals surface area contributed by atoms with Crippen LogP contribution in [0.3, 0.4) is 0 Å². The molecule has 1 aromatic heterocycles. The van der Waals surface area contributed by atoms with Crippen LogP contribution in [0, 0.1) is 0 Å². The van der Waals surface area contributed by atoms with E-state index in [1.165, 1.54) is 12.8 Å². The molecule has 2 heterocycles. The lowest BCUT2D eigenvalue weighted by molar-refractivity contribution is -0.104. The first-order chi connectivity index (χ1) is 11.7. The minimum Gasteiger partial charge on any atom is -0.394 e. The summed E-state index contributed by atoms with van der Waals surface area (Å²) in [5.74, 6) is 1.66. The molecule has 134 valence electrons. The van der Waals surface area contributed by atoms with Crippen molar-refractivity contribution in [2.75, 3.05) is 26.9 Å². The zero-order valence-corrected chi connectivity index (χ0v) is 14.4. The highest BCUT2D eigenvalue weighted by molar-refractivity contribution is 5.15. The molecule has 0 radical (unpaired) electrons. The molecule has 0 unspecified atom stereocenters. The minimum absolute atomic E-state index is 0.0534. The fourth-order valence-corrected chi connectivity index (χ4v) is 4.49. The lowest BCUT2D eigenvalue weighted by Gasteiger charge is -2.43. The Morgan fingerprint density at radius 3 is 3.00 bits per heavy atom. The molecule has 2 aliphatic carbocycles. The number of ether oxygens (including phenoxy) is 2. The molecule has 3 atom stereocenters. The molecule has 2 saturated carbocycles.